The van der Waals surface area contributed by atoms with Gasteiger partial charge in [0.15, 0.2) is 0 Å². The number of carbonyl (C=O) groups is 2. The van der Waals surface area contributed by atoms with Crippen LogP contribution in [0.1, 0.15) is 55.1 Å². The molecule has 1 aliphatic heterocycles. The number of hydrogen-bond donors (Lipinski definition) is 1. The van der Waals surface area contributed by atoms with E-state index >= 15 is 0 Å². The standard InChI is InChI=1S/C25H26N4O3/c1-15-3-10-22-23(29(15)16(2)30)12-11-21(18-13-27-28(14-18)19-6-7-19)24(22)32-20-8-4-17(5-9-20)25(26)31/h4-5,8-9,11-15,19H,3,6-7,10H2,1-2H3,(H2,26,31)/t15-/m0/s1. The predicted octanol–water partition coefficient (Wildman–Crippen LogP) is 4.46. The first kappa shape index (κ1) is 20.3. The summed E-state index contributed by atoms with van der Waals surface area (Å²) in [6, 6.07) is 11.4. The Labute approximate surface area is 186 Å². The summed E-state index contributed by atoms with van der Waals surface area (Å²) >= 11 is 0. The number of hydrogen-bond acceptors (Lipinski definition) is 4. The summed E-state index contributed by atoms with van der Waals surface area (Å²) in [7, 11) is 0. The summed E-state index contributed by atoms with van der Waals surface area (Å²) in [4.78, 5) is 25.7. The number of anilines is 1. The smallest absolute Gasteiger partial charge is 0.248 e. The minimum atomic E-state index is -0.479. The lowest BCUT2D eigenvalue weighted by atomic mass is 9.92. The molecule has 3 aromatic rings. The Bertz CT molecular complexity index is 1190. The fourth-order valence-corrected chi connectivity index (χ4v) is 4.45. The van der Waals surface area contributed by atoms with Gasteiger partial charge < -0.3 is 15.4 Å². The molecular weight excluding hydrogens is 404 g/mol. The van der Waals surface area contributed by atoms with E-state index in [1.165, 1.54) is 0 Å². The van der Waals surface area contributed by atoms with Crippen molar-refractivity contribution in [2.75, 3.05) is 4.90 Å². The zero-order valence-corrected chi connectivity index (χ0v) is 18.2. The van der Waals surface area contributed by atoms with Crippen molar-refractivity contribution in [2.45, 2.75) is 51.6 Å². The maximum atomic E-state index is 12.4. The van der Waals surface area contributed by atoms with Crippen LogP contribution < -0.4 is 15.4 Å². The minimum absolute atomic E-state index is 0.0181. The van der Waals surface area contributed by atoms with E-state index in [0.717, 1.165) is 53.8 Å². The molecule has 32 heavy (non-hydrogen) atoms. The average molecular weight is 431 g/mol. The molecule has 0 bridgehead atoms. The van der Waals surface area contributed by atoms with Gasteiger partial charge in [-0.2, -0.15) is 5.10 Å². The van der Waals surface area contributed by atoms with Gasteiger partial charge in [0.05, 0.1) is 17.9 Å². The van der Waals surface area contributed by atoms with Crippen LogP contribution >= 0.6 is 0 Å². The van der Waals surface area contributed by atoms with Gasteiger partial charge in [-0.25, -0.2) is 0 Å². The number of aromatic nitrogens is 2. The number of amides is 2. The zero-order chi connectivity index (χ0) is 22.4. The van der Waals surface area contributed by atoms with E-state index < -0.39 is 5.91 Å². The molecule has 2 aliphatic rings. The van der Waals surface area contributed by atoms with Crippen LogP contribution in [0, 0.1) is 0 Å². The first-order valence-corrected chi connectivity index (χ1v) is 11.0. The molecule has 2 aromatic carbocycles. The van der Waals surface area contributed by atoms with Crippen LogP contribution in [-0.2, 0) is 11.2 Å². The van der Waals surface area contributed by atoms with Crippen molar-refractivity contribution in [3.8, 4) is 22.6 Å². The summed E-state index contributed by atoms with van der Waals surface area (Å²) in [5.41, 5.74) is 9.61. The van der Waals surface area contributed by atoms with Gasteiger partial charge in [-0.05, 0) is 69.0 Å². The van der Waals surface area contributed by atoms with E-state index in [9.17, 15) is 9.59 Å². The van der Waals surface area contributed by atoms with Crippen molar-refractivity contribution in [1.82, 2.24) is 9.78 Å². The number of benzene rings is 2. The van der Waals surface area contributed by atoms with Crippen LogP contribution in [-0.4, -0.2) is 27.6 Å². The first-order valence-electron chi connectivity index (χ1n) is 11.0. The van der Waals surface area contributed by atoms with Gasteiger partial charge in [0.1, 0.15) is 11.5 Å². The second-order valence-electron chi connectivity index (χ2n) is 8.65. The molecule has 0 saturated heterocycles. The van der Waals surface area contributed by atoms with Crippen molar-refractivity contribution in [3.05, 3.63) is 59.9 Å². The van der Waals surface area contributed by atoms with Gasteiger partial charge in [0.2, 0.25) is 11.8 Å². The van der Waals surface area contributed by atoms with E-state index in [0.29, 0.717) is 17.4 Å². The molecule has 0 radical (unpaired) electrons. The Morgan fingerprint density at radius 2 is 1.84 bits per heavy atom. The molecule has 2 heterocycles. The molecule has 2 amide bonds. The number of carbonyl (C=O) groups excluding carboxylic acids is 2. The normalized spacial score (nSPS) is 17.7. The highest BCUT2D eigenvalue weighted by molar-refractivity contribution is 5.95. The number of fused-ring (bicyclic) bond motifs is 1. The van der Waals surface area contributed by atoms with Gasteiger partial charge >= 0.3 is 0 Å². The summed E-state index contributed by atoms with van der Waals surface area (Å²) in [5.74, 6) is 0.868. The highest BCUT2D eigenvalue weighted by atomic mass is 16.5. The quantitative estimate of drug-likeness (QED) is 0.647. The molecule has 1 fully saturated rings. The number of nitrogens with zero attached hydrogens (tertiary/aromatic N) is 3. The van der Waals surface area contributed by atoms with Crippen molar-refractivity contribution in [3.63, 3.8) is 0 Å². The summed E-state index contributed by atoms with van der Waals surface area (Å²) < 4.78 is 8.44. The van der Waals surface area contributed by atoms with Crippen molar-refractivity contribution in [2.24, 2.45) is 5.73 Å². The third-order valence-electron chi connectivity index (χ3n) is 6.28. The molecule has 7 nitrogen and oxygen atoms in total. The lowest BCUT2D eigenvalue weighted by Gasteiger charge is -2.36. The van der Waals surface area contributed by atoms with Crippen molar-refractivity contribution < 1.29 is 14.3 Å². The lowest BCUT2D eigenvalue weighted by Crippen LogP contribution is -2.40. The Hall–Kier alpha value is -3.61. The predicted molar refractivity (Wildman–Crippen MR) is 122 cm³/mol. The lowest BCUT2D eigenvalue weighted by molar-refractivity contribution is -0.117. The second kappa shape index (κ2) is 7.82. The third-order valence-corrected chi connectivity index (χ3v) is 6.28. The first-order chi connectivity index (χ1) is 15.4. The third kappa shape index (κ3) is 3.64. The topological polar surface area (TPSA) is 90.4 Å². The molecule has 7 heteroatoms. The molecular formula is C25H26N4O3. The molecule has 0 spiro atoms. The highest BCUT2D eigenvalue weighted by Gasteiger charge is 2.31. The average Bonchev–Trinajstić information content (AvgIpc) is 3.51. The molecule has 1 saturated carbocycles. The summed E-state index contributed by atoms with van der Waals surface area (Å²) in [5, 5.41) is 4.55. The largest absolute Gasteiger partial charge is 0.456 e. The van der Waals surface area contributed by atoms with Crippen LogP contribution in [0.2, 0.25) is 0 Å². The Morgan fingerprint density at radius 3 is 2.50 bits per heavy atom. The van der Waals surface area contributed by atoms with Gasteiger partial charge in [0.25, 0.3) is 0 Å². The Kier molecular flexibility index (Phi) is 4.96. The van der Waals surface area contributed by atoms with Crippen LogP contribution in [0.25, 0.3) is 11.1 Å². The number of primary amides is 1. The van der Waals surface area contributed by atoms with Crippen molar-refractivity contribution in [1.29, 1.82) is 0 Å². The fourth-order valence-electron chi connectivity index (χ4n) is 4.45. The van der Waals surface area contributed by atoms with Crippen LogP contribution in [0.15, 0.2) is 48.8 Å². The number of ether oxygens (including phenoxy) is 1. The fraction of sp³-hybridized carbons (Fsp3) is 0.320. The van der Waals surface area contributed by atoms with E-state index in [1.807, 2.05) is 27.9 Å². The molecule has 164 valence electrons. The summed E-state index contributed by atoms with van der Waals surface area (Å²) in [6.45, 7) is 3.67. The summed E-state index contributed by atoms with van der Waals surface area (Å²) in [6.07, 6.45) is 7.92. The van der Waals surface area contributed by atoms with Gasteiger partial charge in [-0.15, -0.1) is 0 Å². The van der Waals surface area contributed by atoms with Gasteiger partial charge in [0, 0.05) is 41.4 Å². The molecule has 1 atom stereocenters. The zero-order valence-electron chi connectivity index (χ0n) is 18.2. The second-order valence-corrected chi connectivity index (χ2v) is 8.65. The maximum absolute atomic E-state index is 12.4. The molecule has 1 aliphatic carbocycles. The van der Waals surface area contributed by atoms with Crippen LogP contribution in [0.3, 0.4) is 0 Å². The van der Waals surface area contributed by atoms with Crippen LogP contribution in [0.4, 0.5) is 5.69 Å². The van der Waals surface area contributed by atoms with Crippen molar-refractivity contribution >= 4 is 17.5 Å². The molecule has 1 aromatic heterocycles. The highest BCUT2D eigenvalue weighted by Crippen LogP contribution is 2.45. The Morgan fingerprint density at radius 1 is 1.09 bits per heavy atom. The Balaban J connectivity index is 1.61. The van der Waals surface area contributed by atoms with Gasteiger partial charge in [-0.1, -0.05) is 0 Å². The van der Waals surface area contributed by atoms with Crippen LogP contribution in [0.5, 0.6) is 11.5 Å². The minimum Gasteiger partial charge on any atom is -0.456 e. The number of nitrogens with two attached hydrogens (primary N) is 1. The SMILES string of the molecule is CC(=O)N1c2ccc(-c3cnn(C4CC4)c3)c(Oc3ccc(C(N)=O)cc3)c2CC[C@@H]1C. The molecule has 5 rings (SSSR count). The van der Waals surface area contributed by atoms with E-state index in [-0.39, 0.29) is 11.9 Å². The van der Waals surface area contributed by atoms with E-state index in [2.05, 4.69) is 18.2 Å². The van der Waals surface area contributed by atoms with E-state index in [1.54, 1.807) is 31.2 Å². The van der Waals surface area contributed by atoms with E-state index in [4.69, 9.17) is 10.5 Å². The monoisotopic (exact) mass is 430 g/mol. The molecule has 0 unspecified atom stereocenters. The number of rotatable bonds is 5. The van der Waals surface area contributed by atoms with Gasteiger partial charge in [-0.3, -0.25) is 14.3 Å². The maximum Gasteiger partial charge on any atom is 0.248 e. The molecule has 2 N–H and O–H groups in total.